The van der Waals surface area contributed by atoms with Crippen LogP contribution in [0.5, 0.6) is 0 Å². The van der Waals surface area contributed by atoms with E-state index in [1.807, 2.05) is 19.1 Å². The van der Waals surface area contributed by atoms with E-state index in [-0.39, 0.29) is 6.03 Å². The average molecular weight is 256 g/mol. The van der Waals surface area contributed by atoms with Gasteiger partial charge in [-0.25, -0.2) is 4.79 Å². The van der Waals surface area contributed by atoms with E-state index in [2.05, 4.69) is 10.6 Å². The van der Waals surface area contributed by atoms with E-state index in [0.29, 0.717) is 6.54 Å². The number of carbonyl (C=O) groups excluding carboxylic acids is 1. The molecule has 0 aromatic heterocycles. The maximum Gasteiger partial charge on any atom is 0.315 e. The first kappa shape index (κ1) is 16.5. The smallest absolute Gasteiger partial charge is 0.315 e. The lowest BCUT2D eigenvalue weighted by Gasteiger charge is -2.38. The van der Waals surface area contributed by atoms with Crippen molar-refractivity contribution >= 4 is 12.0 Å². The highest BCUT2D eigenvalue weighted by atomic mass is 16.4. The number of carboxylic acid groups (broad SMARTS) is 1. The molecule has 0 spiro atoms. The van der Waals surface area contributed by atoms with Crippen LogP contribution >= 0.6 is 0 Å². The molecule has 0 aromatic carbocycles. The van der Waals surface area contributed by atoms with Crippen LogP contribution in [0.2, 0.25) is 0 Å². The maximum absolute atomic E-state index is 11.7. The second-order valence-electron chi connectivity index (χ2n) is 5.29. The van der Waals surface area contributed by atoms with Crippen molar-refractivity contribution in [2.45, 2.75) is 46.6 Å². The topological polar surface area (TPSA) is 78.4 Å². The minimum Gasteiger partial charge on any atom is -0.481 e. The van der Waals surface area contributed by atoms with Gasteiger partial charge < -0.3 is 15.7 Å². The van der Waals surface area contributed by atoms with Crippen molar-refractivity contribution in [3.05, 3.63) is 12.2 Å². The normalized spacial score (nSPS) is 12.5. The molecule has 0 aliphatic carbocycles. The van der Waals surface area contributed by atoms with Crippen molar-refractivity contribution in [2.75, 3.05) is 6.54 Å². The zero-order valence-corrected chi connectivity index (χ0v) is 11.8. The van der Waals surface area contributed by atoms with Crippen LogP contribution < -0.4 is 10.6 Å². The highest BCUT2D eigenvalue weighted by Crippen LogP contribution is 2.30. The maximum atomic E-state index is 11.7. The molecular weight excluding hydrogens is 232 g/mol. The highest BCUT2D eigenvalue weighted by molar-refractivity contribution is 5.79. The van der Waals surface area contributed by atoms with Gasteiger partial charge in [-0.05, 0) is 41.0 Å². The number of amides is 2. The summed E-state index contributed by atoms with van der Waals surface area (Å²) in [6.07, 6.45) is 4.62. The van der Waals surface area contributed by atoms with Gasteiger partial charge in [-0.2, -0.15) is 0 Å². The minimum absolute atomic E-state index is 0.348. The second kappa shape index (κ2) is 6.42. The van der Waals surface area contributed by atoms with Crippen LogP contribution in [-0.2, 0) is 4.79 Å². The summed E-state index contributed by atoms with van der Waals surface area (Å²) in [7, 11) is 0. The van der Waals surface area contributed by atoms with Crippen LogP contribution in [0.15, 0.2) is 12.2 Å². The standard InChI is InChI=1S/C13H24N2O3/c1-6-7-8-9-14-11(18)15-13(4,5)12(2,3)10(16)17/h6-7H,8-9H2,1-5H3,(H,16,17)(H2,14,15,18)/b7-6+. The summed E-state index contributed by atoms with van der Waals surface area (Å²) in [6, 6.07) is -0.348. The predicted molar refractivity (Wildman–Crippen MR) is 71.5 cm³/mol. The lowest BCUT2D eigenvalue weighted by molar-refractivity contribution is -0.150. The van der Waals surface area contributed by atoms with Gasteiger partial charge in [-0.1, -0.05) is 12.2 Å². The van der Waals surface area contributed by atoms with Crippen LogP contribution in [0, 0.1) is 5.41 Å². The molecule has 0 saturated heterocycles. The van der Waals surface area contributed by atoms with Gasteiger partial charge in [0.1, 0.15) is 0 Å². The third kappa shape index (κ3) is 4.39. The largest absolute Gasteiger partial charge is 0.481 e. The molecule has 18 heavy (non-hydrogen) atoms. The van der Waals surface area contributed by atoms with Gasteiger partial charge in [0, 0.05) is 6.54 Å². The van der Waals surface area contributed by atoms with E-state index in [0.717, 1.165) is 6.42 Å². The summed E-state index contributed by atoms with van der Waals surface area (Å²) in [5.41, 5.74) is -1.89. The summed E-state index contributed by atoms with van der Waals surface area (Å²) in [5.74, 6) is -0.943. The fourth-order valence-corrected chi connectivity index (χ4v) is 1.19. The van der Waals surface area contributed by atoms with Crippen molar-refractivity contribution in [1.82, 2.24) is 10.6 Å². The lowest BCUT2D eigenvalue weighted by Crippen LogP contribution is -2.59. The monoisotopic (exact) mass is 256 g/mol. The molecule has 0 unspecified atom stereocenters. The number of aliphatic carboxylic acids is 1. The summed E-state index contributed by atoms with van der Waals surface area (Å²) >= 11 is 0. The molecule has 5 nitrogen and oxygen atoms in total. The molecule has 0 aliphatic rings. The molecule has 2 amide bonds. The van der Waals surface area contributed by atoms with Crippen LogP contribution in [0.4, 0.5) is 4.79 Å². The Morgan fingerprint density at radius 1 is 1.22 bits per heavy atom. The highest BCUT2D eigenvalue weighted by Gasteiger charge is 2.44. The molecule has 0 saturated carbocycles. The Morgan fingerprint density at radius 3 is 2.22 bits per heavy atom. The molecule has 0 aromatic rings. The fraction of sp³-hybridized carbons (Fsp3) is 0.692. The predicted octanol–water partition coefficient (Wildman–Crippen LogP) is 2.14. The van der Waals surface area contributed by atoms with Crippen molar-refractivity contribution in [1.29, 1.82) is 0 Å². The molecule has 0 heterocycles. The van der Waals surface area contributed by atoms with Gasteiger partial charge in [0.05, 0.1) is 11.0 Å². The Morgan fingerprint density at radius 2 is 1.78 bits per heavy atom. The fourth-order valence-electron chi connectivity index (χ4n) is 1.19. The van der Waals surface area contributed by atoms with Crippen LogP contribution in [0.3, 0.4) is 0 Å². The Kier molecular flexibility index (Phi) is 5.88. The average Bonchev–Trinajstić information content (AvgIpc) is 2.23. The van der Waals surface area contributed by atoms with Crippen LogP contribution in [0.1, 0.15) is 41.0 Å². The number of urea groups is 1. The summed E-state index contributed by atoms with van der Waals surface area (Å²) in [4.78, 5) is 22.8. The number of hydrogen-bond donors (Lipinski definition) is 3. The van der Waals surface area contributed by atoms with E-state index in [1.54, 1.807) is 27.7 Å². The lowest BCUT2D eigenvalue weighted by atomic mass is 9.74. The van der Waals surface area contributed by atoms with Gasteiger partial charge in [-0.3, -0.25) is 4.79 Å². The number of nitrogens with one attached hydrogen (secondary N) is 2. The van der Waals surface area contributed by atoms with Crippen LogP contribution in [-0.4, -0.2) is 29.2 Å². The van der Waals surface area contributed by atoms with Crippen LogP contribution in [0.25, 0.3) is 0 Å². The van der Waals surface area contributed by atoms with Crippen molar-refractivity contribution in [3.63, 3.8) is 0 Å². The van der Waals surface area contributed by atoms with Crippen molar-refractivity contribution in [2.24, 2.45) is 5.41 Å². The van der Waals surface area contributed by atoms with Crippen molar-refractivity contribution < 1.29 is 14.7 Å². The molecule has 0 atom stereocenters. The summed E-state index contributed by atoms with van der Waals surface area (Å²) in [5, 5.41) is 14.5. The third-order valence-electron chi connectivity index (χ3n) is 3.36. The van der Waals surface area contributed by atoms with E-state index >= 15 is 0 Å². The Bertz CT molecular complexity index is 333. The molecular formula is C13H24N2O3. The number of allylic oxidation sites excluding steroid dienone is 1. The van der Waals surface area contributed by atoms with E-state index in [4.69, 9.17) is 5.11 Å². The Balaban J connectivity index is 4.40. The Hall–Kier alpha value is -1.52. The summed E-state index contributed by atoms with van der Waals surface area (Å²) < 4.78 is 0. The van der Waals surface area contributed by atoms with Gasteiger partial charge in [-0.15, -0.1) is 0 Å². The quantitative estimate of drug-likeness (QED) is 0.503. The molecule has 0 aliphatic heterocycles. The Labute approximate surface area is 109 Å². The molecule has 0 radical (unpaired) electrons. The number of carbonyl (C=O) groups is 2. The minimum atomic E-state index is -1.05. The number of hydrogen-bond acceptors (Lipinski definition) is 2. The number of rotatable bonds is 6. The van der Waals surface area contributed by atoms with Gasteiger partial charge in [0.25, 0.3) is 0 Å². The zero-order valence-electron chi connectivity index (χ0n) is 11.8. The van der Waals surface area contributed by atoms with E-state index < -0.39 is 16.9 Å². The first-order valence-corrected chi connectivity index (χ1v) is 6.05. The van der Waals surface area contributed by atoms with Crippen molar-refractivity contribution in [3.8, 4) is 0 Å². The SMILES string of the molecule is C/C=C/CCNC(=O)NC(C)(C)C(C)(C)C(=O)O. The van der Waals surface area contributed by atoms with E-state index in [9.17, 15) is 9.59 Å². The van der Waals surface area contributed by atoms with Gasteiger partial charge in [0.2, 0.25) is 0 Å². The number of carboxylic acids is 1. The van der Waals surface area contributed by atoms with Gasteiger partial charge >= 0.3 is 12.0 Å². The molecule has 104 valence electrons. The molecule has 0 bridgehead atoms. The first-order valence-electron chi connectivity index (χ1n) is 6.05. The summed E-state index contributed by atoms with van der Waals surface area (Å²) in [6.45, 7) is 9.03. The molecule has 0 fully saturated rings. The zero-order chi connectivity index (χ0) is 14.4. The molecule has 5 heteroatoms. The second-order valence-corrected chi connectivity index (χ2v) is 5.29. The molecule has 3 N–H and O–H groups in total. The van der Waals surface area contributed by atoms with E-state index in [1.165, 1.54) is 0 Å². The molecule has 0 rings (SSSR count). The third-order valence-corrected chi connectivity index (χ3v) is 3.36. The first-order chi connectivity index (χ1) is 8.15. The van der Waals surface area contributed by atoms with Gasteiger partial charge in [0.15, 0.2) is 0 Å².